The van der Waals surface area contributed by atoms with Gasteiger partial charge in [-0.2, -0.15) is 0 Å². The van der Waals surface area contributed by atoms with Crippen molar-refractivity contribution in [1.82, 2.24) is 0 Å². The molecule has 1 heterocycles. The number of hydrogen-bond acceptors (Lipinski definition) is 4. The predicted molar refractivity (Wildman–Crippen MR) is 73.3 cm³/mol. The molecular weight excluding hydrogens is 275 g/mol. The van der Waals surface area contributed by atoms with E-state index < -0.39 is 23.5 Å². The van der Waals surface area contributed by atoms with Gasteiger partial charge in [0.1, 0.15) is 5.75 Å². The van der Waals surface area contributed by atoms with Crippen molar-refractivity contribution < 1.29 is 23.5 Å². The summed E-state index contributed by atoms with van der Waals surface area (Å²) < 4.78 is 25.3. The highest BCUT2D eigenvalue weighted by molar-refractivity contribution is 5.99. The summed E-state index contributed by atoms with van der Waals surface area (Å²) in [5.41, 5.74) is -0.956. The van der Waals surface area contributed by atoms with Gasteiger partial charge in [-0.15, -0.1) is 0 Å². The van der Waals surface area contributed by atoms with Crippen LogP contribution in [0.3, 0.4) is 0 Å². The Morgan fingerprint density at radius 2 is 2.19 bits per heavy atom. The average Bonchev–Trinajstić information content (AvgIpc) is 3.13. The zero-order valence-corrected chi connectivity index (χ0v) is 12.0. The first-order valence-electron chi connectivity index (χ1n) is 7.20. The Morgan fingerprint density at radius 3 is 2.86 bits per heavy atom. The Labute approximate surface area is 122 Å². The number of esters is 1. The van der Waals surface area contributed by atoms with Crippen LogP contribution in [0.4, 0.5) is 4.39 Å². The molecule has 0 N–H and O–H groups in total. The van der Waals surface area contributed by atoms with Crippen molar-refractivity contribution in [1.29, 1.82) is 0 Å². The molecule has 1 aliphatic carbocycles. The number of halogens is 1. The molecule has 3 atom stereocenters. The van der Waals surface area contributed by atoms with Gasteiger partial charge in [0.2, 0.25) is 5.67 Å². The minimum Gasteiger partial charge on any atom is -0.492 e. The first-order chi connectivity index (χ1) is 10.1. The van der Waals surface area contributed by atoms with E-state index in [0.29, 0.717) is 23.3 Å². The number of hydrogen-bond donors (Lipinski definition) is 0. The van der Waals surface area contributed by atoms with Gasteiger partial charge in [0.25, 0.3) is 0 Å². The first kappa shape index (κ1) is 14.0. The minimum absolute atomic E-state index is 0.0495. The molecule has 4 nitrogen and oxygen atoms in total. The average molecular weight is 292 g/mol. The lowest BCUT2D eigenvalue weighted by molar-refractivity contribution is -0.152. The molecule has 0 radical (unpaired) electrons. The van der Waals surface area contributed by atoms with Gasteiger partial charge >= 0.3 is 5.97 Å². The van der Waals surface area contributed by atoms with Gasteiger partial charge in [0.15, 0.2) is 5.78 Å². The highest BCUT2D eigenvalue weighted by Crippen LogP contribution is 2.65. The van der Waals surface area contributed by atoms with Crippen LogP contribution in [0.2, 0.25) is 0 Å². The second-order valence-corrected chi connectivity index (χ2v) is 5.38. The Hall–Kier alpha value is -1.91. The van der Waals surface area contributed by atoms with E-state index in [4.69, 9.17) is 9.47 Å². The van der Waals surface area contributed by atoms with Gasteiger partial charge in [-0.1, -0.05) is 19.1 Å². The van der Waals surface area contributed by atoms with Gasteiger partial charge in [-0.3, -0.25) is 4.79 Å². The smallest absolute Gasteiger partial charge is 0.345 e. The maximum atomic E-state index is 14.9. The van der Waals surface area contributed by atoms with Gasteiger partial charge in [0.05, 0.1) is 18.8 Å². The van der Waals surface area contributed by atoms with Crippen LogP contribution in [0.15, 0.2) is 18.2 Å². The van der Waals surface area contributed by atoms with Gasteiger partial charge in [-0.25, -0.2) is 9.18 Å². The number of alkyl halides is 1. The summed E-state index contributed by atoms with van der Waals surface area (Å²) in [5.74, 6) is -1.54. The van der Waals surface area contributed by atoms with E-state index in [1.165, 1.54) is 0 Å². The summed E-state index contributed by atoms with van der Waals surface area (Å²) in [6.45, 7) is 3.66. The van der Waals surface area contributed by atoms with Crippen LogP contribution < -0.4 is 4.74 Å². The monoisotopic (exact) mass is 292 g/mol. The highest BCUT2D eigenvalue weighted by Gasteiger charge is 2.75. The third-order valence-electron chi connectivity index (χ3n) is 4.28. The summed E-state index contributed by atoms with van der Waals surface area (Å²) in [6, 6.07) is 5.11. The number of rotatable bonds is 4. The zero-order valence-electron chi connectivity index (χ0n) is 12.0. The number of carbonyl (C=O) groups is 2. The number of para-hydroxylation sites is 1. The summed E-state index contributed by atoms with van der Waals surface area (Å²) >= 11 is 0. The molecule has 1 aromatic carbocycles. The lowest BCUT2D eigenvalue weighted by Crippen LogP contribution is -2.24. The van der Waals surface area contributed by atoms with Crippen LogP contribution in [0.25, 0.3) is 0 Å². The van der Waals surface area contributed by atoms with Crippen LogP contribution in [0.5, 0.6) is 5.75 Å². The SMILES string of the molecule is CCOC(=O)C1(F)C2COc3c(C(=O)CC)cccc3C21. The number of fused-ring (bicyclic) bond motifs is 3. The normalized spacial score (nSPS) is 28.9. The summed E-state index contributed by atoms with van der Waals surface area (Å²) in [4.78, 5) is 23.8. The molecule has 21 heavy (non-hydrogen) atoms. The van der Waals surface area contributed by atoms with Crippen LogP contribution in [0.1, 0.15) is 42.1 Å². The molecule has 2 aliphatic rings. The van der Waals surface area contributed by atoms with Crippen LogP contribution in [-0.2, 0) is 9.53 Å². The molecule has 1 saturated carbocycles. The van der Waals surface area contributed by atoms with Gasteiger partial charge < -0.3 is 9.47 Å². The highest BCUT2D eigenvalue weighted by atomic mass is 19.1. The third kappa shape index (κ3) is 1.87. The molecule has 112 valence electrons. The molecule has 0 bridgehead atoms. The number of Topliss-reactive ketones (excluding diaryl/α,β-unsaturated/α-hetero) is 1. The molecule has 0 saturated heterocycles. The van der Waals surface area contributed by atoms with Crippen molar-refractivity contribution in [2.75, 3.05) is 13.2 Å². The molecule has 3 unspecified atom stereocenters. The van der Waals surface area contributed by atoms with Gasteiger partial charge in [-0.05, 0) is 13.0 Å². The molecule has 1 fully saturated rings. The molecule has 0 amide bonds. The van der Waals surface area contributed by atoms with Crippen LogP contribution in [-0.4, -0.2) is 30.6 Å². The van der Waals surface area contributed by atoms with Gasteiger partial charge in [0, 0.05) is 23.8 Å². The fourth-order valence-corrected chi connectivity index (χ4v) is 3.15. The van der Waals surface area contributed by atoms with Crippen LogP contribution >= 0.6 is 0 Å². The maximum Gasteiger partial charge on any atom is 0.345 e. The van der Waals surface area contributed by atoms with E-state index >= 15 is 0 Å². The second-order valence-electron chi connectivity index (χ2n) is 5.38. The number of carbonyl (C=O) groups excluding carboxylic acids is 2. The van der Waals surface area contributed by atoms with Crippen LogP contribution in [0, 0.1) is 5.92 Å². The number of benzene rings is 1. The van der Waals surface area contributed by atoms with E-state index in [1.807, 2.05) is 0 Å². The Kier molecular flexibility index (Phi) is 3.23. The van der Waals surface area contributed by atoms with E-state index in [1.54, 1.807) is 32.0 Å². The molecule has 0 spiro atoms. The fraction of sp³-hybridized carbons (Fsp3) is 0.500. The van der Waals surface area contributed by atoms with Crippen molar-refractivity contribution in [3.63, 3.8) is 0 Å². The van der Waals surface area contributed by atoms with Crippen molar-refractivity contribution in [2.24, 2.45) is 5.92 Å². The van der Waals surface area contributed by atoms with Crippen molar-refractivity contribution >= 4 is 11.8 Å². The molecule has 3 rings (SSSR count). The molecule has 5 heteroatoms. The van der Waals surface area contributed by atoms with Crippen molar-refractivity contribution in [2.45, 2.75) is 31.9 Å². The summed E-state index contributed by atoms with van der Waals surface area (Å²) in [5, 5.41) is 0. The Balaban J connectivity index is 1.98. The topological polar surface area (TPSA) is 52.6 Å². The molecule has 0 aromatic heterocycles. The minimum atomic E-state index is -2.02. The third-order valence-corrected chi connectivity index (χ3v) is 4.28. The predicted octanol–water partition coefficient (Wildman–Crippen LogP) is 2.66. The van der Waals surface area contributed by atoms with E-state index in [9.17, 15) is 14.0 Å². The van der Waals surface area contributed by atoms with Crippen molar-refractivity contribution in [3.05, 3.63) is 29.3 Å². The largest absolute Gasteiger partial charge is 0.492 e. The maximum absolute atomic E-state index is 14.9. The second kappa shape index (κ2) is 4.83. The quantitative estimate of drug-likeness (QED) is 0.632. The standard InChI is InChI=1S/C16H17FO4/c1-3-12(18)9-6-5-7-10-13-11(8-21-14(9)10)16(13,17)15(19)20-4-2/h5-7,11,13H,3-4,8H2,1-2H3. The van der Waals surface area contributed by atoms with E-state index in [-0.39, 0.29) is 19.0 Å². The fourth-order valence-electron chi connectivity index (χ4n) is 3.15. The summed E-state index contributed by atoms with van der Waals surface area (Å²) in [7, 11) is 0. The molecule has 1 aliphatic heterocycles. The lowest BCUT2D eigenvalue weighted by atomic mass is 9.98. The number of ketones is 1. The molecule has 1 aromatic rings. The summed E-state index contributed by atoms with van der Waals surface area (Å²) in [6.07, 6.45) is 0.354. The van der Waals surface area contributed by atoms with Crippen molar-refractivity contribution in [3.8, 4) is 5.75 Å². The number of ether oxygens (including phenoxy) is 2. The Morgan fingerprint density at radius 1 is 1.43 bits per heavy atom. The van der Waals surface area contributed by atoms with E-state index in [2.05, 4.69) is 0 Å². The first-order valence-corrected chi connectivity index (χ1v) is 7.20. The zero-order chi connectivity index (χ0) is 15.2. The lowest BCUT2D eigenvalue weighted by Gasteiger charge is -2.18. The van der Waals surface area contributed by atoms with E-state index in [0.717, 1.165) is 0 Å². The Bertz CT molecular complexity index is 612. The molecular formula is C16H17FO4.